The van der Waals surface area contributed by atoms with Crippen LogP contribution in [0.4, 0.5) is 5.69 Å². The molecule has 0 unspecified atom stereocenters. The summed E-state index contributed by atoms with van der Waals surface area (Å²) in [5.41, 5.74) is 4.57. The highest BCUT2D eigenvalue weighted by Crippen LogP contribution is 2.29. The van der Waals surface area contributed by atoms with Gasteiger partial charge in [-0.25, -0.2) is 15.8 Å². The van der Waals surface area contributed by atoms with Gasteiger partial charge in [-0.1, -0.05) is 18.2 Å². The van der Waals surface area contributed by atoms with E-state index in [1.54, 1.807) is 24.5 Å². The van der Waals surface area contributed by atoms with Crippen LogP contribution in [-0.4, -0.2) is 31.1 Å². The number of aromatic amines is 2. The van der Waals surface area contributed by atoms with Crippen LogP contribution in [0.1, 0.15) is 10.6 Å². The number of pyridine rings is 1. The maximum Gasteiger partial charge on any atom is 0.308 e. The van der Waals surface area contributed by atoms with Gasteiger partial charge in [-0.3, -0.25) is 14.9 Å². The summed E-state index contributed by atoms with van der Waals surface area (Å²) in [7, 11) is 0. The zero-order chi connectivity index (χ0) is 19.1. The van der Waals surface area contributed by atoms with Crippen LogP contribution in [0.3, 0.4) is 0 Å². The average molecular weight is 369 g/mol. The van der Waals surface area contributed by atoms with Crippen LogP contribution < -0.4 is 10.9 Å². The zero-order valence-corrected chi connectivity index (χ0v) is 14.6. The van der Waals surface area contributed by atoms with Crippen LogP contribution in [0.5, 0.6) is 0 Å². The molecule has 3 heterocycles. The molecular formula is C20H15N7O. The number of carbonyl (C=O) groups is 1. The van der Waals surface area contributed by atoms with Crippen molar-refractivity contribution in [2.45, 2.75) is 0 Å². The number of carbonyl (C=O) groups excluding carboxylic acids is 1. The molecular weight excluding hydrogens is 354 g/mol. The summed E-state index contributed by atoms with van der Waals surface area (Å²) >= 11 is 0. The molecule has 5 rings (SSSR count). The Kier molecular flexibility index (Phi) is 3.63. The number of hydrogen-bond donors (Lipinski definition) is 3. The summed E-state index contributed by atoms with van der Waals surface area (Å²) in [5, 5.41) is 9.42. The van der Waals surface area contributed by atoms with Crippen molar-refractivity contribution in [3.05, 3.63) is 72.8 Å². The maximum atomic E-state index is 12.7. The van der Waals surface area contributed by atoms with E-state index < -0.39 is 5.91 Å². The second-order valence-electron chi connectivity index (χ2n) is 6.32. The first-order valence-corrected chi connectivity index (χ1v) is 8.63. The Labute approximate surface area is 159 Å². The summed E-state index contributed by atoms with van der Waals surface area (Å²) in [6.07, 6.45) is 3.44. The van der Waals surface area contributed by atoms with Crippen molar-refractivity contribution >= 4 is 33.5 Å². The number of para-hydroxylation sites is 1. The minimum Gasteiger partial charge on any atom is -0.334 e. The SMILES string of the molecule is NN(C(=O)c1nc2cc3c(-c4ccncc4)n[nH]c3cc2[nH]1)c1ccccc1. The fourth-order valence-corrected chi connectivity index (χ4v) is 3.17. The molecule has 0 radical (unpaired) electrons. The van der Waals surface area contributed by atoms with Crippen molar-refractivity contribution in [1.82, 2.24) is 25.1 Å². The Morgan fingerprint density at radius 1 is 1.00 bits per heavy atom. The fraction of sp³-hybridized carbons (Fsp3) is 0. The summed E-state index contributed by atoms with van der Waals surface area (Å²) in [4.78, 5) is 24.2. The van der Waals surface area contributed by atoms with Gasteiger partial charge in [0.05, 0.1) is 22.2 Å². The highest BCUT2D eigenvalue weighted by Gasteiger charge is 2.19. The Balaban J connectivity index is 1.57. The van der Waals surface area contributed by atoms with E-state index >= 15 is 0 Å². The number of nitrogens with one attached hydrogen (secondary N) is 2. The Hall–Kier alpha value is -4.04. The first kappa shape index (κ1) is 16.2. The van der Waals surface area contributed by atoms with Gasteiger partial charge in [0, 0.05) is 23.3 Å². The number of rotatable bonds is 3. The third kappa shape index (κ3) is 2.60. The van der Waals surface area contributed by atoms with Gasteiger partial charge in [0.2, 0.25) is 0 Å². The van der Waals surface area contributed by atoms with Crippen molar-refractivity contribution in [1.29, 1.82) is 0 Å². The third-order valence-corrected chi connectivity index (χ3v) is 4.57. The lowest BCUT2D eigenvalue weighted by Crippen LogP contribution is -2.38. The number of nitrogens with two attached hydrogens (primary N) is 1. The summed E-state index contributed by atoms with van der Waals surface area (Å²) in [6, 6.07) is 16.6. The molecule has 2 aromatic carbocycles. The second kappa shape index (κ2) is 6.29. The summed E-state index contributed by atoms with van der Waals surface area (Å²) < 4.78 is 0. The third-order valence-electron chi connectivity index (χ3n) is 4.57. The number of hydrazine groups is 1. The van der Waals surface area contributed by atoms with Gasteiger partial charge >= 0.3 is 5.91 Å². The molecule has 0 aliphatic heterocycles. The van der Waals surface area contributed by atoms with E-state index in [1.807, 2.05) is 42.5 Å². The van der Waals surface area contributed by atoms with Gasteiger partial charge in [0.25, 0.3) is 0 Å². The topological polar surface area (TPSA) is 117 Å². The van der Waals surface area contributed by atoms with Crippen LogP contribution in [0.25, 0.3) is 33.2 Å². The largest absolute Gasteiger partial charge is 0.334 e. The van der Waals surface area contributed by atoms with E-state index in [2.05, 4.69) is 25.1 Å². The van der Waals surface area contributed by atoms with Crippen LogP contribution in [0.2, 0.25) is 0 Å². The van der Waals surface area contributed by atoms with Crippen molar-refractivity contribution in [3.63, 3.8) is 0 Å². The number of nitrogens with zero attached hydrogens (tertiary/aromatic N) is 4. The lowest BCUT2D eigenvalue weighted by Gasteiger charge is -2.14. The van der Waals surface area contributed by atoms with Gasteiger partial charge in [-0.15, -0.1) is 0 Å². The van der Waals surface area contributed by atoms with E-state index in [0.29, 0.717) is 11.2 Å². The number of imidazole rings is 1. The van der Waals surface area contributed by atoms with E-state index in [1.165, 1.54) is 0 Å². The van der Waals surface area contributed by atoms with Crippen molar-refractivity contribution in [3.8, 4) is 11.3 Å². The molecule has 5 aromatic rings. The van der Waals surface area contributed by atoms with Crippen LogP contribution >= 0.6 is 0 Å². The number of aromatic nitrogens is 5. The lowest BCUT2D eigenvalue weighted by molar-refractivity contribution is 0.0978. The molecule has 0 fully saturated rings. The Morgan fingerprint density at radius 3 is 2.57 bits per heavy atom. The quantitative estimate of drug-likeness (QED) is 0.257. The van der Waals surface area contributed by atoms with Gasteiger partial charge in [-0.05, 0) is 36.4 Å². The molecule has 8 nitrogen and oxygen atoms in total. The molecule has 0 saturated heterocycles. The summed E-state index contributed by atoms with van der Waals surface area (Å²) in [5.74, 6) is 5.73. The minimum absolute atomic E-state index is 0.174. The predicted molar refractivity (Wildman–Crippen MR) is 106 cm³/mol. The smallest absolute Gasteiger partial charge is 0.308 e. The maximum absolute atomic E-state index is 12.7. The average Bonchev–Trinajstić information content (AvgIpc) is 3.35. The van der Waals surface area contributed by atoms with Crippen LogP contribution in [0.15, 0.2) is 67.0 Å². The number of fused-ring (bicyclic) bond motifs is 2. The lowest BCUT2D eigenvalue weighted by atomic mass is 10.1. The van der Waals surface area contributed by atoms with Crippen LogP contribution in [0, 0.1) is 0 Å². The zero-order valence-electron chi connectivity index (χ0n) is 14.6. The molecule has 1 amide bonds. The number of anilines is 1. The van der Waals surface area contributed by atoms with E-state index in [9.17, 15) is 4.79 Å². The van der Waals surface area contributed by atoms with Gasteiger partial charge in [0.15, 0.2) is 5.82 Å². The predicted octanol–water partition coefficient (Wildman–Crippen LogP) is 3.02. The number of benzene rings is 2. The minimum atomic E-state index is -0.418. The molecule has 28 heavy (non-hydrogen) atoms. The van der Waals surface area contributed by atoms with Gasteiger partial charge in [-0.2, -0.15) is 5.10 Å². The molecule has 3 aromatic heterocycles. The summed E-state index contributed by atoms with van der Waals surface area (Å²) in [6.45, 7) is 0. The highest BCUT2D eigenvalue weighted by molar-refractivity contribution is 6.06. The van der Waals surface area contributed by atoms with Crippen molar-refractivity contribution < 1.29 is 4.79 Å². The molecule has 0 spiro atoms. The van der Waals surface area contributed by atoms with Crippen molar-refractivity contribution in [2.24, 2.45) is 5.84 Å². The van der Waals surface area contributed by atoms with Gasteiger partial charge < -0.3 is 4.98 Å². The Bertz CT molecular complexity index is 1290. The molecule has 8 heteroatoms. The van der Waals surface area contributed by atoms with Gasteiger partial charge in [0.1, 0.15) is 5.69 Å². The number of H-pyrrole nitrogens is 2. The monoisotopic (exact) mass is 369 g/mol. The molecule has 0 atom stereocenters. The molecule has 0 aliphatic rings. The molecule has 0 bridgehead atoms. The number of hydrogen-bond acceptors (Lipinski definition) is 5. The number of amides is 1. The fourth-order valence-electron chi connectivity index (χ4n) is 3.17. The first-order chi connectivity index (χ1) is 13.7. The Morgan fingerprint density at radius 2 is 1.79 bits per heavy atom. The van der Waals surface area contributed by atoms with E-state index in [0.717, 1.165) is 32.7 Å². The van der Waals surface area contributed by atoms with E-state index in [4.69, 9.17) is 5.84 Å². The molecule has 136 valence electrons. The molecule has 0 saturated carbocycles. The van der Waals surface area contributed by atoms with Crippen molar-refractivity contribution in [2.75, 3.05) is 5.01 Å². The van der Waals surface area contributed by atoms with Crippen LogP contribution in [-0.2, 0) is 0 Å². The highest BCUT2D eigenvalue weighted by atomic mass is 16.2. The molecule has 4 N–H and O–H groups in total. The second-order valence-corrected chi connectivity index (χ2v) is 6.32. The van der Waals surface area contributed by atoms with E-state index in [-0.39, 0.29) is 5.82 Å². The normalized spacial score (nSPS) is 11.2. The first-order valence-electron chi connectivity index (χ1n) is 8.63. The standard InChI is InChI=1S/C20H15N7O/c21-27(13-4-2-1-3-5-13)20(28)19-23-16-10-14-15(11-17(16)24-19)25-26-18(14)12-6-8-22-9-7-12/h1-11H,21H2,(H,23,24)(H,25,26). The molecule has 0 aliphatic carbocycles.